The quantitative estimate of drug-likeness (QED) is 0.803. The first-order valence-electron chi connectivity index (χ1n) is 6.66. The highest BCUT2D eigenvalue weighted by Crippen LogP contribution is 2.35. The molecule has 0 spiro atoms. The summed E-state index contributed by atoms with van der Waals surface area (Å²) in [5.74, 6) is 1.41. The van der Waals surface area contributed by atoms with Crippen LogP contribution in [0, 0.1) is 0 Å². The Balaban J connectivity index is 2.47. The SMILES string of the molecule is CC(C)(C)c1ccccc1Oc1ccc(Cl)cc1C(N)=S. The molecule has 0 aromatic heterocycles. The molecular weight excluding hydrogens is 302 g/mol. The summed E-state index contributed by atoms with van der Waals surface area (Å²) < 4.78 is 6.06. The lowest BCUT2D eigenvalue weighted by Gasteiger charge is -2.23. The topological polar surface area (TPSA) is 35.2 Å². The maximum Gasteiger partial charge on any atom is 0.137 e. The number of hydrogen-bond acceptors (Lipinski definition) is 2. The molecule has 4 heteroatoms. The number of hydrogen-bond donors (Lipinski definition) is 1. The Morgan fingerprint density at radius 1 is 1.10 bits per heavy atom. The summed E-state index contributed by atoms with van der Waals surface area (Å²) in [5.41, 5.74) is 7.49. The monoisotopic (exact) mass is 319 g/mol. The van der Waals surface area contributed by atoms with E-state index < -0.39 is 0 Å². The fraction of sp³-hybridized carbons (Fsp3) is 0.235. The van der Waals surface area contributed by atoms with Crippen molar-refractivity contribution in [2.45, 2.75) is 26.2 Å². The van der Waals surface area contributed by atoms with Crippen LogP contribution in [-0.4, -0.2) is 4.99 Å². The summed E-state index contributed by atoms with van der Waals surface area (Å²) in [6.45, 7) is 6.43. The van der Waals surface area contributed by atoms with Crippen molar-refractivity contribution in [1.29, 1.82) is 0 Å². The molecule has 2 aromatic carbocycles. The molecule has 0 unspecified atom stereocenters. The van der Waals surface area contributed by atoms with Crippen molar-refractivity contribution in [2.24, 2.45) is 5.73 Å². The lowest BCUT2D eigenvalue weighted by atomic mass is 9.86. The molecule has 0 bridgehead atoms. The second-order valence-corrected chi connectivity index (χ2v) is 6.73. The minimum atomic E-state index is -0.0214. The Bertz CT molecular complexity index is 677. The average Bonchev–Trinajstić information content (AvgIpc) is 2.40. The maximum absolute atomic E-state index is 6.06. The molecule has 2 N–H and O–H groups in total. The molecule has 2 nitrogen and oxygen atoms in total. The van der Waals surface area contributed by atoms with E-state index in [1.54, 1.807) is 18.2 Å². The molecule has 0 aliphatic carbocycles. The van der Waals surface area contributed by atoms with Gasteiger partial charge in [0, 0.05) is 10.6 Å². The van der Waals surface area contributed by atoms with Gasteiger partial charge in [-0.05, 0) is 29.7 Å². The molecule has 0 atom stereocenters. The summed E-state index contributed by atoms with van der Waals surface area (Å²) >= 11 is 11.1. The van der Waals surface area contributed by atoms with Crippen LogP contribution in [0.2, 0.25) is 5.02 Å². The number of ether oxygens (including phenoxy) is 1. The van der Waals surface area contributed by atoms with Crippen LogP contribution in [0.5, 0.6) is 11.5 Å². The largest absolute Gasteiger partial charge is 0.456 e. The molecule has 0 heterocycles. The van der Waals surface area contributed by atoms with Crippen LogP contribution in [0.4, 0.5) is 0 Å². The molecule has 110 valence electrons. The molecule has 0 aliphatic heterocycles. The van der Waals surface area contributed by atoms with Gasteiger partial charge < -0.3 is 10.5 Å². The molecule has 2 rings (SSSR count). The van der Waals surface area contributed by atoms with Gasteiger partial charge in [0.25, 0.3) is 0 Å². The number of nitrogens with two attached hydrogens (primary N) is 1. The van der Waals surface area contributed by atoms with E-state index in [1.807, 2.05) is 18.2 Å². The van der Waals surface area contributed by atoms with E-state index in [-0.39, 0.29) is 10.4 Å². The second-order valence-electron chi connectivity index (χ2n) is 5.85. The van der Waals surface area contributed by atoms with Gasteiger partial charge in [-0.2, -0.15) is 0 Å². The fourth-order valence-corrected chi connectivity index (χ4v) is 2.41. The van der Waals surface area contributed by atoms with Crippen LogP contribution in [0.1, 0.15) is 31.9 Å². The van der Waals surface area contributed by atoms with Crippen LogP contribution in [0.3, 0.4) is 0 Å². The highest BCUT2D eigenvalue weighted by Gasteiger charge is 2.19. The summed E-state index contributed by atoms with van der Waals surface area (Å²) in [4.78, 5) is 0.265. The van der Waals surface area contributed by atoms with Gasteiger partial charge in [0.15, 0.2) is 0 Å². The first-order valence-corrected chi connectivity index (χ1v) is 7.44. The van der Waals surface area contributed by atoms with Crippen molar-refractivity contribution in [2.75, 3.05) is 0 Å². The highest BCUT2D eigenvalue weighted by molar-refractivity contribution is 7.80. The normalized spacial score (nSPS) is 11.2. The van der Waals surface area contributed by atoms with Gasteiger partial charge in [0.2, 0.25) is 0 Å². The van der Waals surface area contributed by atoms with Gasteiger partial charge in [-0.1, -0.05) is 62.8 Å². The Kier molecular flexibility index (Phi) is 4.55. The second kappa shape index (κ2) is 6.04. The number of rotatable bonds is 3. The first kappa shape index (κ1) is 15.8. The molecule has 0 radical (unpaired) electrons. The number of thiocarbonyl (C=S) groups is 1. The fourth-order valence-electron chi connectivity index (χ4n) is 2.08. The smallest absolute Gasteiger partial charge is 0.137 e. The van der Waals surface area contributed by atoms with Gasteiger partial charge in [0.05, 0.1) is 5.56 Å². The molecule has 0 saturated carbocycles. The molecule has 2 aromatic rings. The van der Waals surface area contributed by atoms with E-state index in [2.05, 4.69) is 26.8 Å². The zero-order valence-corrected chi connectivity index (χ0v) is 13.9. The number of benzene rings is 2. The van der Waals surface area contributed by atoms with Gasteiger partial charge in [-0.3, -0.25) is 0 Å². The van der Waals surface area contributed by atoms with E-state index in [9.17, 15) is 0 Å². The predicted octanol–water partition coefficient (Wildman–Crippen LogP) is 5.06. The van der Waals surface area contributed by atoms with Crippen LogP contribution >= 0.6 is 23.8 Å². The van der Waals surface area contributed by atoms with E-state index in [4.69, 9.17) is 34.3 Å². The number of halogens is 1. The minimum Gasteiger partial charge on any atom is -0.456 e. The van der Waals surface area contributed by atoms with E-state index in [0.717, 1.165) is 11.3 Å². The van der Waals surface area contributed by atoms with E-state index in [0.29, 0.717) is 16.3 Å². The van der Waals surface area contributed by atoms with Gasteiger partial charge in [0.1, 0.15) is 16.5 Å². The predicted molar refractivity (Wildman–Crippen MR) is 92.6 cm³/mol. The Labute approximate surface area is 135 Å². The lowest BCUT2D eigenvalue weighted by molar-refractivity contribution is 0.454. The lowest BCUT2D eigenvalue weighted by Crippen LogP contribution is -2.14. The third-order valence-corrected chi connectivity index (χ3v) is 3.58. The van der Waals surface area contributed by atoms with Gasteiger partial charge in [-0.15, -0.1) is 0 Å². The standard InChI is InChI=1S/C17H18ClNOS/c1-17(2,3)13-6-4-5-7-15(13)20-14-9-8-11(18)10-12(14)16(19)21/h4-10H,1-3H3,(H2,19,21). The third-order valence-electron chi connectivity index (χ3n) is 3.12. The Morgan fingerprint density at radius 2 is 1.76 bits per heavy atom. The first-order chi connectivity index (χ1) is 9.79. The van der Waals surface area contributed by atoms with Crippen LogP contribution in [-0.2, 0) is 5.41 Å². The highest BCUT2D eigenvalue weighted by atomic mass is 35.5. The van der Waals surface area contributed by atoms with Gasteiger partial charge in [-0.25, -0.2) is 0 Å². The number of para-hydroxylation sites is 1. The molecule has 21 heavy (non-hydrogen) atoms. The van der Waals surface area contributed by atoms with Gasteiger partial charge >= 0.3 is 0 Å². The Morgan fingerprint density at radius 3 is 2.38 bits per heavy atom. The minimum absolute atomic E-state index is 0.0214. The Hall–Kier alpha value is -1.58. The molecule has 0 fully saturated rings. The van der Waals surface area contributed by atoms with Crippen LogP contribution < -0.4 is 10.5 Å². The summed E-state index contributed by atoms with van der Waals surface area (Å²) in [5, 5.41) is 0.578. The van der Waals surface area contributed by atoms with E-state index >= 15 is 0 Å². The zero-order valence-electron chi connectivity index (χ0n) is 12.3. The van der Waals surface area contributed by atoms with Crippen molar-refractivity contribution in [3.63, 3.8) is 0 Å². The molecule has 0 aliphatic rings. The summed E-state index contributed by atoms with van der Waals surface area (Å²) in [6, 6.07) is 13.2. The molecule has 0 saturated heterocycles. The van der Waals surface area contributed by atoms with Crippen molar-refractivity contribution in [3.8, 4) is 11.5 Å². The van der Waals surface area contributed by atoms with Crippen LogP contribution in [0.15, 0.2) is 42.5 Å². The average molecular weight is 320 g/mol. The molecular formula is C17H18ClNOS. The third kappa shape index (κ3) is 3.74. The zero-order chi connectivity index (χ0) is 15.6. The van der Waals surface area contributed by atoms with Crippen LogP contribution in [0.25, 0.3) is 0 Å². The van der Waals surface area contributed by atoms with Crippen molar-refractivity contribution in [1.82, 2.24) is 0 Å². The van der Waals surface area contributed by atoms with E-state index in [1.165, 1.54) is 0 Å². The van der Waals surface area contributed by atoms with Crippen molar-refractivity contribution >= 4 is 28.8 Å². The maximum atomic E-state index is 6.06. The van der Waals surface area contributed by atoms with Crippen molar-refractivity contribution < 1.29 is 4.74 Å². The van der Waals surface area contributed by atoms with Crippen molar-refractivity contribution in [3.05, 3.63) is 58.6 Å². The summed E-state index contributed by atoms with van der Waals surface area (Å²) in [6.07, 6.45) is 0. The molecule has 0 amide bonds. The summed E-state index contributed by atoms with van der Waals surface area (Å²) in [7, 11) is 0.